The summed E-state index contributed by atoms with van der Waals surface area (Å²) in [5.74, 6) is -0.684. The molecule has 0 aromatic heterocycles. The highest BCUT2D eigenvalue weighted by molar-refractivity contribution is 5.96. The molecule has 2 aromatic carbocycles. The van der Waals surface area contributed by atoms with Crippen molar-refractivity contribution in [3.8, 4) is 0 Å². The van der Waals surface area contributed by atoms with Gasteiger partial charge >= 0.3 is 5.97 Å². The molecule has 4 heteroatoms. The summed E-state index contributed by atoms with van der Waals surface area (Å²) in [6.45, 7) is 1.61. The lowest BCUT2D eigenvalue weighted by atomic mass is 10.1. The second-order valence-electron chi connectivity index (χ2n) is 6.10. The smallest absolute Gasteiger partial charge is 0.338 e. The lowest BCUT2D eigenvalue weighted by molar-refractivity contribution is -0.129. The van der Waals surface area contributed by atoms with E-state index in [4.69, 9.17) is 4.74 Å². The average Bonchev–Trinajstić information content (AvgIpc) is 3.07. The van der Waals surface area contributed by atoms with Gasteiger partial charge in [-0.3, -0.25) is 4.79 Å². The van der Waals surface area contributed by atoms with E-state index in [1.54, 1.807) is 19.1 Å². The number of hydrogen-bond donors (Lipinski definition) is 1. The fourth-order valence-electron chi connectivity index (χ4n) is 2.99. The number of fused-ring (bicyclic) bond motifs is 1. The molecule has 1 atom stereocenters. The Balaban J connectivity index is 1.63. The van der Waals surface area contributed by atoms with Crippen molar-refractivity contribution in [2.45, 2.75) is 44.8 Å². The van der Waals surface area contributed by atoms with Gasteiger partial charge in [-0.25, -0.2) is 4.79 Å². The van der Waals surface area contributed by atoms with E-state index in [0.29, 0.717) is 5.56 Å². The maximum atomic E-state index is 12.2. The molecule has 1 aliphatic rings. The van der Waals surface area contributed by atoms with Gasteiger partial charge in [0.2, 0.25) is 0 Å². The molecule has 23 heavy (non-hydrogen) atoms. The third-order valence-corrected chi connectivity index (χ3v) is 4.34. The van der Waals surface area contributed by atoms with Crippen LogP contribution in [0.25, 0.3) is 10.8 Å². The van der Waals surface area contributed by atoms with Crippen molar-refractivity contribution in [1.82, 2.24) is 5.32 Å². The number of hydrogen-bond acceptors (Lipinski definition) is 3. The highest BCUT2D eigenvalue weighted by Crippen LogP contribution is 2.19. The van der Waals surface area contributed by atoms with Gasteiger partial charge < -0.3 is 10.1 Å². The molecule has 1 saturated carbocycles. The summed E-state index contributed by atoms with van der Waals surface area (Å²) in [7, 11) is 0. The maximum Gasteiger partial charge on any atom is 0.338 e. The van der Waals surface area contributed by atoms with Crippen LogP contribution in [0.1, 0.15) is 43.0 Å². The van der Waals surface area contributed by atoms with Crippen molar-refractivity contribution in [3.05, 3.63) is 48.0 Å². The van der Waals surface area contributed by atoms with Gasteiger partial charge in [0.1, 0.15) is 0 Å². The lowest BCUT2D eigenvalue weighted by Crippen LogP contribution is -2.40. The number of rotatable bonds is 4. The molecule has 2 aromatic rings. The van der Waals surface area contributed by atoms with Crippen LogP contribution in [0, 0.1) is 0 Å². The largest absolute Gasteiger partial charge is 0.449 e. The van der Waals surface area contributed by atoms with E-state index in [-0.39, 0.29) is 11.9 Å². The maximum absolute atomic E-state index is 12.2. The summed E-state index contributed by atoms with van der Waals surface area (Å²) in [6.07, 6.45) is 3.54. The van der Waals surface area contributed by atoms with Gasteiger partial charge in [-0.2, -0.15) is 0 Å². The summed E-state index contributed by atoms with van der Waals surface area (Å²) in [5, 5.41) is 4.99. The van der Waals surface area contributed by atoms with Gasteiger partial charge in [-0.05, 0) is 42.7 Å². The second kappa shape index (κ2) is 6.82. The summed E-state index contributed by atoms with van der Waals surface area (Å²) >= 11 is 0. The van der Waals surface area contributed by atoms with Gasteiger partial charge in [0.25, 0.3) is 5.91 Å². The Bertz CT molecular complexity index is 719. The van der Waals surface area contributed by atoms with Crippen LogP contribution in [0.4, 0.5) is 0 Å². The minimum absolute atomic E-state index is 0.217. The molecule has 1 amide bonds. The van der Waals surface area contributed by atoms with Crippen LogP contribution in [-0.2, 0) is 9.53 Å². The van der Waals surface area contributed by atoms with Crippen molar-refractivity contribution in [2.24, 2.45) is 0 Å². The van der Waals surface area contributed by atoms with Crippen molar-refractivity contribution in [1.29, 1.82) is 0 Å². The predicted molar refractivity (Wildman–Crippen MR) is 89.2 cm³/mol. The first-order chi connectivity index (χ1) is 11.1. The molecule has 0 spiro atoms. The Morgan fingerprint density at radius 1 is 1.09 bits per heavy atom. The van der Waals surface area contributed by atoms with Crippen LogP contribution < -0.4 is 5.32 Å². The molecule has 1 aliphatic carbocycles. The normalized spacial score (nSPS) is 16.2. The number of esters is 1. The zero-order valence-electron chi connectivity index (χ0n) is 13.2. The first kappa shape index (κ1) is 15.5. The quantitative estimate of drug-likeness (QED) is 0.880. The highest BCUT2D eigenvalue weighted by Gasteiger charge is 2.23. The molecule has 0 heterocycles. The van der Waals surface area contributed by atoms with E-state index in [1.165, 1.54) is 0 Å². The summed E-state index contributed by atoms with van der Waals surface area (Å²) in [5.41, 5.74) is 0.462. The third kappa shape index (κ3) is 3.70. The van der Waals surface area contributed by atoms with Crippen LogP contribution in [0.15, 0.2) is 42.5 Å². The number of benzene rings is 2. The van der Waals surface area contributed by atoms with Crippen LogP contribution >= 0.6 is 0 Å². The number of ether oxygens (including phenoxy) is 1. The topological polar surface area (TPSA) is 55.4 Å². The first-order valence-electron chi connectivity index (χ1n) is 8.13. The highest BCUT2D eigenvalue weighted by atomic mass is 16.5. The summed E-state index contributed by atoms with van der Waals surface area (Å²) in [6, 6.07) is 13.4. The summed E-state index contributed by atoms with van der Waals surface area (Å²) < 4.78 is 5.31. The Morgan fingerprint density at radius 2 is 1.78 bits per heavy atom. The molecule has 0 unspecified atom stereocenters. The predicted octanol–water partition coefficient (Wildman–Crippen LogP) is 3.44. The molecule has 3 rings (SSSR count). The van der Waals surface area contributed by atoms with E-state index in [2.05, 4.69) is 5.32 Å². The molecule has 1 fully saturated rings. The van der Waals surface area contributed by atoms with Gasteiger partial charge in [-0.15, -0.1) is 0 Å². The Morgan fingerprint density at radius 3 is 2.52 bits per heavy atom. The fourth-order valence-corrected chi connectivity index (χ4v) is 2.99. The zero-order chi connectivity index (χ0) is 16.2. The van der Waals surface area contributed by atoms with Gasteiger partial charge in [-0.1, -0.05) is 43.2 Å². The van der Waals surface area contributed by atoms with Crippen molar-refractivity contribution in [2.75, 3.05) is 0 Å². The molecule has 0 saturated heterocycles. The minimum atomic E-state index is -0.783. The Hall–Kier alpha value is -2.36. The van der Waals surface area contributed by atoms with Gasteiger partial charge in [0.05, 0.1) is 5.56 Å². The standard InChI is InChI=1S/C19H21NO3/c1-13(18(21)20-17-8-4-5-9-17)23-19(22)16-11-10-14-6-2-3-7-15(14)12-16/h2-3,6-7,10-13,17H,4-5,8-9H2,1H3,(H,20,21)/t13-/m1/s1. The van der Waals surface area contributed by atoms with Crippen LogP contribution in [-0.4, -0.2) is 24.0 Å². The molecule has 0 aliphatic heterocycles. The molecule has 0 radical (unpaired) electrons. The van der Waals surface area contributed by atoms with E-state index < -0.39 is 12.1 Å². The fraction of sp³-hybridized carbons (Fsp3) is 0.368. The number of amides is 1. The van der Waals surface area contributed by atoms with Crippen LogP contribution in [0.5, 0.6) is 0 Å². The van der Waals surface area contributed by atoms with E-state index >= 15 is 0 Å². The van der Waals surface area contributed by atoms with Gasteiger partial charge in [0.15, 0.2) is 6.10 Å². The SMILES string of the molecule is C[C@@H](OC(=O)c1ccc2ccccc2c1)C(=O)NC1CCCC1. The van der Waals surface area contributed by atoms with Crippen LogP contribution in [0.2, 0.25) is 0 Å². The first-order valence-corrected chi connectivity index (χ1v) is 8.13. The molecular weight excluding hydrogens is 290 g/mol. The third-order valence-electron chi connectivity index (χ3n) is 4.34. The van der Waals surface area contributed by atoms with Crippen molar-refractivity contribution >= 4 is 22.6 Å². The van der Waals surface area contributed by atoms with Crippen molar-refractivity contribution in [3.63, 3.8) is 0 Å². The van der Waals surface area contributed by atoms with Crippen LogP contribution in [0.3, 0.4) is 0 Å². The van der Waals surface area contributed by atoms with Crippen molar-refractivity contribution < 1.29 is 14.3 Å². The van der Waals surface area contributed by atoms with E-state index in [1.807, 2.05) is 30.3 Å². The molecule has 120 valence electrons. The van der Waals surface area contributed by atoms with Gasteiger partial charge in [0, 0.05) is 6.04 Å². The Labute approximate surface area is 135 Å². The molecular formula is C19H21NO3. The zero-order valence-corrected chi connectivity index (χ0v) is 13.2. The number of nitrogens with one attached hydrogen (secondary N) is 1. The number of carbonyl (C=O) groups excluding carboxylic acids is 2. The van der Waals surface area contributed by atoms with E-state index in [0.717, 1.165) is 36.5 Å². The monoisotopic (exact) mass is 311 g/mol. The lowest BCUT2D eigenvalue weighted by Gasteiger charge is -2.17. The second-order valence-corrected chi connectivity index (χ2v) is 6.10. The minimum Gasteiger partial charge on any atom is -0.449 e. The summed E-state index contributed by atoms with van der Waals surface area (Å²) in [4.78, 5) is 24.3. The Kier molecular flexibility index (Phi) is 4.60. The molecule has 4 nitrogen and oxygen atoms in total. The molecule has 1 N–H and O–H groups in total. The van der Waals surface area contributed by atoms with E-state index in [9.17, 15) is 9.59 Å². The number of carbonyl (C=O) groups is 2. The molecule has 0 bridgehead atoms. The average molecular weight is 311 g/mol.